The molecule has 3 aromatic rings. The minimum atomic E-state index is -0.168. The van der Waals surface area contributed by atoms with Gasteiger partial charge in [0.2, 0.25) is 5.13 Å². The highest BCUT2D eigenvalue weighted by atomic mass is 32.2. The Labute approximate surface area is 162 Å². The second-order valence-electron chi connectivity index (χ2n) is 5.00. The van der Waals surface area contributed by atoms with Crippen LogP contribution in [0.5, 0.6) is 0 Å². The molecule has 0 aliphatic carbocycles. The van der Waals surface area contributed by atoms with Crippen molar-refractivity contribution in [3.05, 3.63) is 46.5 Å². The van der Waals surface area contributed by atoms with Gasteiger partial charge in [-0.1, -0.05) is 53.9 Å². The molecule has 1 N–H and O–H groups in total. The number of aryl methyl sites for hydroxylation is 1. The van der Waals surface area contributed by atoms with Crippen LogP contribution in [0.2, 0.25) is 0 Å². The molecular weight excluding hydrogens is 392 g/mol. The van der Waals surface area contributed by atoms with Crippen LogP contribution in [-0.4, -0.2) is 26.8 Å². The molecule has 0 spiro atoms. The lowest BCUT2D eigenvalue weighted by Gasteiger charge is -2.03. The zero-order valence-electron chi connectivity index (χ0n) is 13.7. The second kappa shape index (κ2) is 8.79. The minimum absolute atomic E-state index is 0.168. The predicted molar refractivity (Wildman–Crippen MR) is 107 cm³/mol. The lowest BCUT2D eigenvalue weighted by Crippen LogP contribution is -2.11. The molecule has 0 saturated heterocycles. The summed E-state index contributed by atoms with van der Waals surface area (Å²) in [6.07, 6.45) is 0. The molecule has 0 aliphatic heterocycles. The Morgan fingerprint density at radius 2 is 1.96 bits per heavy atom. The molecule has 3 rings (SSSR count). The zero-order chi connectivity index (χ0) is 17.6. The van der Waals surface area contributed by atoms with Gasteiger partial charge >= 0.3 is 0 Å². The minimum Gasteiger partial charge on any atom is -0.296 e. The van der Waals surface area contributed by atoms with Crippen LogP contribution >= 0.6 is 46.2 Å². The van der Waals surface area contributed by atoms with Crippen molar-refractivity contribution in [2.75, 3.05) is 11.1 Å². The van der Waals surface area contributed by atoms with E-state index in [2.05, 4.69) is 27.4 Å². The molecule has 5 nitrogen and oxygen atoms in total. The van der Waals surface area contributed by atoms with Crippen LogP contribution in [0, 0.1) is 6.92 Å². The number of nitrogens with one attached hydrogen (secondary N) is 1. The highest BCUT2D eigenvalue weighted by Gasteiger charge is 2.10. The number of carbonyl (C=O) groups is 1. The fourth-order valence-electron chi connectivity index (χ4n) is 1.91. The van der Waals surface area contributed by atoms with Crippen LogP contribution < -0.4 is 5.32 Å². The van der Waals surface area contributed by atoms with Crippen molar-refractivity contribution >= 4 is 57.2 Å². The van der Waals surface area contributed by atoms with Gasteiger partial charge in [-0.2, -0.15) is 0 Å². The van der Waals surface area contributed by atoms with E-state index in [1.54, 1.807) is 34.9 Å². The van der Waals surface area contributed by atoms with E-state index in [0.717, 1.165) is 31.4 Å². The maximum atomic E-state index is 12.3. The molecular formula is C16H16N4OS4. The van der Waals surface area contributed by atoms with Crippen molar-refractivity contribution in [3.63, 3.8) is 0 Å². The van der Waals surface area contributed by atoms with Crippen LogP contribution in [0.1, 0.15) is 28.5 Å². The fraction of sp³-hybridized carbons (Fsp3) is 0.250. The van der Waals surface area contributed by atoms with Crippen LogP contribution in [0.15, 0.2) is 38.3 Å². The van der Waals surface area contributed by atoms with Gasteiger partial charge in [-0.25, -0.2) is 4.98 Å². The smallest absolute Gasteiger partial charge is 0.257 e. The molecule has 9 heteroatoms. The van der Waals surface area contributed by atoms with E-state index in [9.17, 15) is 4.79 Å². The molecule has 0 aliphatic rings. The molecule has 0 unspecified atom stereocenters. The first-order valence-electron chi connectivity index (χ1n) is 7.55. The molecule has 0 bridgehead atoms. The van der Waals surface area contributed by atoms with Gasteiger partial charge in [0, 0.05) is 22.4 Å². The van der Waals surface area contributed by atoms with Gasteiger partial charge in [0.15, 0.2) is 4.34 Å². The van der Waals surface area contributed by atoms with Gasteiger partial charge in [-0.3, -0.25) is 10.1 Å². The first-order valence-corrected chi connectivity index (χ1v) is 11.2. The summed E-state index contributed by atoms with van der Waals surface area (Å²) < 4.78 is 1.93. The molecule has 0 radical (unpaired) electrons. The first kappa shape index (κ1) is 18.4. The highest BCUT2D eigenvalue weighted by Crippen LogP contribution is 2.27. The van der Waals surface area contributed by atoms with E-state index in [1.807, 2.05) is 36.6 Å². The van der Waals surface area contributed by atoms with Gasteiger partial charge in [0.1, 0.15) is 4.34 Å². The quantitative estimate of drug-likeness (QED) is 0.440. The standard InChI is InChI=1S/C16H16N4OS4/c1-3-22-16-20-19-14(25-16)18-13(21)12-6-4-11(5-7-12)9-24-15-17-10(2)8-23-15/h4-8H,3,9H2,1-2H3,(H,18,19,21). The molecule has 1 amide bonds. The molecule has 0 fully saturated rings. The highest BCUT2D eigenvalue weighted by molar-refractivity contribution is 8.01. The van der Waals surface area contributed by atoms with Crippen molar-refractivity contribution in [2.45, 2.75) is 28.3 Å². The normalized spacial score (nSPS) is 10.8. The summed E-state index contributed by atoms with van der Waals surface area (Å²) in [6, 6.07) is 7.61. The summed E-state index contributed by atoms with van der Waals surface area (Å²) in [5, 5.41) is 13.4. The predicted octanol–water partition coefficient (Wildman–Crippen LogP) is 4.96. The van der Waals surface area contributed by atoms with Crippen molar-refractivity contribution in [3.8, 4) is 0 Å². The third-order valence-electron chi connectivity index (χ3n) is 3.07. The molecule has 2 aromatic heterocycles. The second-order valence-corrected chi connectivity index (χ2v) is 9.57. The van der Waals surface area contributed by atoms with E-state index in [1.165, 1.54) is 11.3 Å². The monoisotopic (exact) mass is 408 g/mol. The number of thioether (sulfide) groups is 2. The Balaban J connectivity index is 1.56. The maximum Gasteiger partial charge on any atom is 0.257 e. The average Bonchev–Trinajstić information content (AvgIpc) is 3.23. The molecule has 0 atom stereocenters. The van der Waals surface area contributed by atoms with Gasteiger partial charge in [-0.15, -0.1) is 21.5 Å². The molecule has 0 saturated carbocycles. The summed E-state index contributed by atoms with van der Waals surface area (Å²) in [5.41, 5.74) is 2.82. The van der Waals surface area contributed by atoms with Crippen molar-refractivity contribution in [1.29, 1.82) is 0 Å². The van der Waals surface area contributed by atoms with E-state index in [-0.39, 0.29) is 5.91 Å². The van der Waals surface area contributed by atoms with E-state index in [4.69, 9.17) is 0 Å². The first-order chi connectivity index (χ1) is 12.1. The number of amides is 1. The molecule has 130 valence electrons. The van der Waals surface area contributed by atoms with Gasteiger partial charge < -0.3 is 0 Å². The number of aromatic nitrogens is 3. The Hall–Kier alpha value is -1.42. The van der Waals surface area contributed by atoms with E-state index in [0.29, 0.717) is 10.7 Å². The number of hydrogen-bond acceptors (Lipinski definition) is 8. The zero-order valence-corrected chi connectivity index (χ0v) is 16.9. The van der Waals surface area contributed by atoms with Crippen LogP contribution in [0.4, 0.5) is 5.13 Å². The summed E-state index contributed by atoms with van der Waals surface area (Å²) >= 11 is 6.37. The average molecular weight is 409 g/mol. The largest absolute Gasteiger partial charge is 0.296 e. The maximum absolute atomic E-state index is 12.3. The number of nitrogens with zero attached hydrogens (tertiary/aromatic N) is 3. The fourth-order valence-corrected chi connectivity index (χ4v) is 5.36. The summed E-state index contributed by atoms with van der Waals surface area (Å²) in [7, 11) is 0. The third-order valence-corrected chi connectivity index (χ3v) is 7.14. The van der Waals surface area contributed by atoms with Crippen LogP contribution in [0.25, 0.3) is 0 Å². The number of anilines is 1. The van der Waals surface area contributed by atoms with Crippen molar-refractivity contribution in [2.24, 2.45) is 0 Å². The van der Waals surface area contributed by atoms with Crippen LogP contribution in [-0.2, 0) is 5.75 Å². The number of rotatable bonds is 7. The summed E-state index contributed by atoms with van der Waals surface area (Å²) in [5.74, 6) is 1.60. The molecule has 1 aromatic carbocycles. The Kier molecular flexibility index (Phi) is 6.46. The lowest BCUT2D eigenvalue weighted by molar-refractivity contribution is 0.102. The van der Waals surface area contributed by atoms with Gasteiger partial charge in [0.05, 0.1) is 0 Å². The van der Waals surface area contributed by atoms with Crippen LogP contribution in [0.3, 0.4) is 0 Å². The summed E-state index contributed by atoms with van der Waals surface area (Å²) in [6.45, 7) is 4.05. The van der Waals surface area contributed by atoms with E-state index >= 15 is 0 Å². The molecule has 2 heterocycles. The van der Waals surface area contributed by atoms with E-state index < -0.39 is 0 Å². The number of carbonyl (C=O) groups excluding carboxylic acids is 1. The Morgan fingerprint density at radius 1 is 1.16 bits per heavy atom. The Morgan fingerprint density at radius 3 is 2.64 bits per heavy atom. The van der Waals surface area contributed by atoms with Crippen molar-refractivity contribution < 1.29 is 4.79 Å². The van der Waals surface area contributed by atoms with Crippen molar-refractivity contribution in [1.82, 2.24) is 15.2 Å². The Bertz CT molecular complexity index is 844. The topological polar surface area (TPSA) is 67.8 Å². The SMILES string of the molecule is CCSc1nnc(NC(=O)c2ccc(CSc3nc(C)cs3)cc2)s1. The molecule has 25 heavy (non-hydrogen) atoms. The van der Waals surface area contributed by atoms with Gasteiger partial charge in [-0.05, 0) is 30.4 Å². The number of benzene rings is 1. The number of thiazole rings is 1. The third kappa shape index (κ3) is 5.27. The number of hydrogen-bond donors (Lipinski definition) is 1. The lowest BCUT2D eigenvalue weighted by atomic mass is 10.1. The summed E-state index contributed by atoms with van der Waals surface area (Å²) in [4.78, 5) is 16.7. The van der Waals surface area contributed by atoms with Gasteiger partial charge in [0.25, 0.3) is 5.91 Å².